The summed E-state index contributed by atoms with van der Waals surface area (Å²) in [6.45, 7) is 9.39. The first-order valence-electron chi connectivity index (χ1n) is 12.0. The van der Waals surface area contributed by atoms with E-state index < -0.39 is 59.6 Å². The second-order valence-corrected chi connectivity index (χ2v) is 12.8. The highest BCUT2D eigenvalue weighted by molar-refractivity contribution is 8.76. The second kappa shape index (κ2) is 13.4. The Bertz CT molecular complexity index is 834. The average molecular weight is 547 g/mol. The molecule has 36 heavy (non-hydrogen) atoms. The number of nitrogens with one attached hydrogen (secondary N) is 3. The molecule has 0 aromatic heterocycles. The molecule has 2 rings (SSSR count). The van der Waals surface area contributed by atoms with Gasteiger partial charge in [0, 0.05) is 18.1 Å². The minimum absolute atomic E-state index is 0.0881. The number of carbonyl (C=O) groups is 5. The summed E-state index contributed by atoms with van der Waals surface area (Å²) in [6, 6.07) is -3.52. The summed E-state index contributed by atoms with van der Waals surface area (Å²) < 4.78 is 10.2. The fourth-order valence-corrected chi connectivity index (χ4v) is 6.22. The molecule has 2 saturated heterocycles. The molecule has 0 unspecified atom stereocenters. The van der Waals surface area contributed by atoms with Gasteiger partial charge < -0.3 is 30.3 Å². The number of rotatable bonds is 4. The molecule has 0 spiro atoms. The summed E-state index contributed by atoms with van der Waals surface area (Å²) in [5.74, 6) is -1.49. The highest BCUT2D eigenvalue weighted by Gasteiger charge is 2.40. The average Bonchev–Trinajstić information content (AvgIpc) is 3.26. The predicted octanol–water partition coefficient (Wildman–Crippen LogP) is 1.45. The van der Waals surface area contributed by atoms with E-state index in [0.717, 1.165) is 0 Å². The van der Waals surface area contributed by atoms with Crippen LogP contribution in [0.2, 0.25) is 0 Å². The van der Waals surface area contributed by atoms with Crippen LogP contribution in [0.25, 0.3) is 0 Å². The molecule has 11 nitrogen and oxygen atoms in total. The topological polar surface area (TPSA) is 143 Å². The van der Waals surface area contributed by atoms with E-state index in [1.165, 1.54) is 33.6 Å². The Kier molecular flexibility index (Phi) is 11.2. The van der Waals surface area contributed by atoms with Gasteiger partial charge in [-0.3, -0.25) is 14.4 Å². The number of amides is 4. The van der Waals surface area contributed by atoms with E-state index in [9.17, 15) is 24.0 Å². The standard InChI is InChI=1S/C23H38N4O7S2/c1-13(2)10-14-18(28)25-16(21(31)33-6)12-36-35-11-15(26-22(32)34-23(3,4)5)20(30)27-9-7-8-17(27)19(29)24-14/h13-17H,7-12H2,1-6H3,(H,24,29)(H,25,28)(H,26,32)/t14-,15-,16-,17-/m0/s1. The summed E-state index contributed by atoms with van der Waals surface area (Å²) >= 11 is 0. The molecule has 2 heterocycles. The molecule has 2 fully saturated rings. The summed E-state index contributed by atoms with van der Waals surface area (Å²) in [5.41, 5.74) is -0.746. The van der Waals surface area contributed by atoms with Crippen LogP contribution in [0.5, 0.6) is 0 Å². The molecule has 0 saturated carbocycles. The van der Waals surface area contributed by atoms with Crippen molar-refractivity contribution < 1.29 is 33.4 Å². The van der Waals surface area contributed by atoms with Gasteiger partial charge in [-0.05, 0) is 46.0 Å². The van der Waals surface area contributed by atoms with E-state index in [-0.39, 0.29) is 17.4 Å². The van der Waals surface area contributed by atoms with Crippen molar-refractivity contribution in [3.8, 4) is 0 Å². The quantitative estimate of drug-likeness (QED) is 0.353. The van der Waals surface area contributed by atoms with Crippen LogP contribution < -0.4 is 16.0 Å². The van der Waals surface area contributed by atoms with Crippen molar-refractivity contribution in [1.29, 1.82) is 0 Å². The number of hydrogen-bond acceptors (Lipinski definition) is 9. The molecule has 204 valence electrons. The van der Waals surface area contributed by atoms with Crippen molar-refractivity contribution in [2.45, 2.75) is 83.6 Å². The van der Waals surface area contributed by atoms with E-state index >= 15 is 0 Å². The number of carbonyl (C=O) groups excluding carboxylic acids is 5. The van der Waals surface area contributed by atoms with Gasteiger partial charge in [0.15, 0.2) is 0 Å². The Morgan fingerprint density at radius 1 is 1.11 bits per heavy atom. The molecule has 0 bridgehead atoms. The molecule has 0 radical (unpaired) electrons. The molecule has 4 atom stereocenters. The van der Waals surface area contributed by atoms with Gasteiger partial charge in [-0.25, -0.2) is 9.59 Å². The van der Waals surface area contributed by atoms with Crippen LogP contribution in [-0.2, 0) is 28.7 Å². The van der Waals surface area contributed by atoms with Crippen molar-refractivity contribution in [3.63, 3.8) is 0 Å². The molecule has 13 heteroatoms. The third-order valence-corrected chi connectivity index (χ3v) is 7.94. The number of fused-ring (bicyclic) bond motifs is 1. The second-order valence-electron chi connectivity index (χ2n) is 10.2. The maximum atomic E-state index is 13.5. The van der Waals surface area contributed by atoms with Gasteiger partial charge in [0.25, 0.3) is 0 Å². The molecule has 0 aromatic carbocycles. The molecule has 0 aromatic rings. The number of methoxy groups -OCH3 is 1. The number of esters is 1. The summed E-state index contributed by atoms with van der Waals surface area (Å²) in [4.78, 5) is 66.0. The van der Waals surface area contributed by atoms with E-state index in [1.54, 1.807) is 20.8 Å². The smallest absolute Gasteiger partial charge is 0.408 e. The van der Waals surface area contributed by atoms with Crippen LogP contribution in [0.4, 0.5) is 4.79 Å². The third kappa shape index (κ3) is 9.06. The van der Waals surface area contributed by atoms with Crippen molar-refractivity contribution in [2.24, 2.45) is 5.92 Å². The minimum Gasteiger partial charge on any atom is -0.467 e. The normalized spacial score (nSPS) is 26.4. The Morgan fingerprint density at radius 3 is 2.39 bits per heavy atom. The van der Waals surface area contributed by atoms with Gasteiger partial charge in [-0.15, -0.1) is 0 Å². The van der Waals surface area contributed by atoms with Crippen LogP contribution >= 0.6 is 21.6 Å². The number of alkyl carbamates (subject to hydrolysis) is 1. The maximum absolute atomic E-state index is 13.5. The Morgan fingerprint density at radius 2 is 1.78 bits per heavy atom. The number of ether oxygens (including phenoxy) is 2. The summed E-state index contributed by atoms with van der Waals surface area (Å²) in [5, 5.41) is 8.13. The Labute approximate surface area is 220 Å². The SMILES string of the molecule is COC(=O)[C@@H]1CSSC[C@H](NC(=O)OC(C)(C)C)C(=O)N2CCC[C@H]2C(=O)N[C@@H](CC(C)C)C(=O)N1. The summed E-state index contributed by atoms with van der Waals surface area (Å²) in [6.07, 6.45) is 0.691. The molecule has 2 aliphatic rings. The number of hydrogen-bond donors (Lipinski definition) is 3. The highest BCUT2D eigenvalue weighted by atomic mass is 33.1. The summed E-state index contributed by atoms with van der Waals surface area (Å²) in [7, 11) is 3.78. The highest BCUT2D eigenvalue weighted by Crippen LogP contribution is 2.26. The lowest BCUT2D eigenvalue weighted by molar-refractivity contribution is -0.145. The first-order valence-corrected chi connectivity index (χ1v) is 14.5. The van der Waals surface area contributed by atoms with Crippen LogP contribution in [-0.4, -0.2) is 89.6 Å². The monoisotopic (exact) mass is 546 g/mol. The van der Waals surface area contributed by atoms with Gasteiger partial charge in [0.1, 0.15) is 29.8 Å². The lowest BCUT2D eigenvalue weighted by Gasteiger charge is -2.31. The van der Waals surface area contributed by atoms with Gasteiger partial charge in [-0.2, -0.15) is 0 Å². The molecule has 4 amide bonds. The van der Waals surface area contributed by atoms with E-state index in [4.69, 9.17) is 9.47 Å². The zero-order valence-electron chi connectivity index (χ0n) is 21.8. The van der Waals surface area contributed by atoms with Gasteiger partial charge >= 0.3 is 12.1 Å². The lowest BCUT2D eigenvalue weighted by Crippen LogP contribution is -2.58. The Balaban J connectivity index is 2.33. The van der Waals surface area contributed by atoms with Crippen molar-refractivity contribution in [2.75, 3.05) is 25.2 Å². The van der Waals surface area contributed by atoms with Crippen LogP contribution in [0, 0.1) is 5.92 Å². The van der Waals surface area contributed by atoms with E-state index in [2.05, 4.69) is 16.0 Å². The molecule has 2 aliphatic heterocycles. The first kappa shape index (κ1) is 30.1. The van der Waals surface area contributed by atoms with Crippen molar-refractivity contribution in [3.05, 3.63) is 0 Å². The van der Waals surface area contributed by atoms with Crippen LogP contribution in [0.1, 0.15) is 53.9 Å². The minimum atomic E-state index is -0.939. The fraction of sp³-hybridized carbons (Fsp3) is 0.783. The number of nitrogens with zero attached hydrogens (tertiary/aromatic N) is 1. The van der Waals surface area contributed by atoms with E-state index in [0.29, 0.717) is 25.8 Å². The zero-order valence-corrected chi connectivity index (χ0v) is 23.4. The van der Waals surface area contributed by atoms with Crippen molar-refractivity contribution in [1.82, 2.24) is 20.9 Å². The molecule has 0 aliphatic carbocycles. The fourth-order valence-electron chi connectivity index (χ4n) is 3.91. The molecular weight excluding hydrogens is 508 g/mol. The van der Waals surface area contributed by atoms with Gasteiger partial charge in [-0.1, -0.05) is 35.4 Å². The molecule has 3 N–H and O–H groups in total. The maximum Gasteiger partial charge on any atom is 0.408 e. The predicted molar refractivity (Wildman–Crippen MR) is 138 cm³/mol. The Hall–Kier alpha value is -2.15. The first-order chi connectivity index (χ1) is 16.8. The van der Waals surface area contributed by atoms with Gasteiger partial charge in [0.2, 0.25) is 17.7 Å². The zero-order chi connectivity index (χ0) is 27.0. The molecular formula is C23H38N4O7S2. The third-order valence-electron chi connectivity index (χ3n) is 5.52. The van der Waals surface area contributed by atoms with Crippen molar-refractivity contribution >= 4 is 51.4 Å². The lowest BCUT2D eigenvalue weighted by atomic mass is 10.0. The van der Waals surface area contributed by atoms with Crippen LogP contribution in [0.15, 0.2) is 0 Å². The largest absolute Gasteiger partial charge is 0.467 e. The van der Waals surface area contributed by atoms with Crippen LogP contribution in [0.3, 0.4) is 0 Å². The van der Waals surface area contributed by atoms with Gasteiger partial charge in [0.05, 0.1) is 7.11 Å². The van der Waals surface area contributed by atoms with E-state index in [1.807, 2.05) is 13.8 Å².